The van der Waals surface area contributed by atoms with E-state index in [1.54, 1.807) is 17.5 Å². The summed E-state index contributed by atoms with van der Waals surface area (Å²) >= 11 is 2.08. The first-order valence-electron chi connectivity index (χ1n) is 8.81. The van der Waals surface area contributed by atoms with Gasteiger partial charge in [0.1, 0.15) is 6.33 Å². The minimum absolute atomic E-state index is 0.792. The maximum absolute atomic E-state index is 4.40. The van der Waals surface area contributed by atoms with Gasteiger partial charge >= 0.3 is 0 Å². The van der Waals surface area contributed by atoms with Gasteiger partial charge in [-0.25, -0.2) is 9.97 Å². The Hall–Kier alpha value is -1.43. The summed E-state index contributed by atoms with van der Waals surface area (Å²) in [6.45, 7) is 5.45. The van der Waals surface area contributed by atoms with Gasteiger partial charge in [-0.05, 0) is 23.1 Å². The van der Waals surface area contributed by atoms with Crippen molar-refractivity contribution in [3.63, 3.8) is 0 Å². The lowest BCUT2D eigenvalue weighted by atomic mass is 9.97. The van der Waals surface area contributed by atoms with Gasteiger partial charge in [-0.2, -0.15) is 0 Å². The summed E-state index contributed by atoms with van der Waals surface area (Å²) in [5, 5.41) is 0.792. The molecule has 5 heteroatoms. The fourth-order valence-electron chi connectivity index (χ4n) is 3.95. The molecule has 2 aromatic rings. The van der Waals surface area contributed by atoms with E-state index in [1.807, 2.05) is 6.20 Å². The molecule has 0 saturated carbocycles. The van der Waals surface area contributed by atoms with Gasteiger partial charge in [-0.3, -0.25) is 9.80 Å². The van der Waals surface area contributed by atoms with Crippen molar-refractivity contribution < 1.29 is 0 Å². The van der Waals surface area contributed by atoms with Crippen LogP contribution in [0, 0.1) is 0 Å². The third-order valence-corrected chi connectivity index (χ3v) is 6.31. The lowest BCUT2D eigenvalue weighted by Gasteiger charge is -2.30. The zero-order chi connectivity index (χ0) is 15.9. The maximum Gasteiger partial charge on any atom is 0.115 e. The molecule has 0 radical (unpaired) electrons. The van der Waals surface area contributed by atoms with Crippen LogP contribution in [0.5, 0.6) is 0 Å². The van der Waals surface area contributed by atoms with Crippen molar-refractivity contribution in [1.82, 2.24) is 19.8 Å². The molecule has 24 heavy (non-hydrogen) atoms. The molecule has 1 fully saturated rings. The standard InChI is InChI=1S/C19H22N4S/c1-2-15-3-6-23(19-12-24-19)11-16(15)7-14(1)9-22-5-4-18-17(10-22)8-20-13-21-18/h1-2,7-8,13,19H,3-6,9-12H2. The van der Waals surface area contributed by atoms with E-state index in [1.165, 1.54) is 35.5 Å². The molecule has 5 rings (SSSR count). The van der Waals surface area contributed by atoms with Crippen molar-refractivity contribution in [2.24, 2.45) is 0 Å². The predicted octanol–water partition coefficient (Wildman–Crippen LogP) is 2.47. The summed E-state index contributed by atoms with van der Waals surface area (Å²) in [4.78, 5) is 13.7. The van der Waals surface area contributed by atoms with Gasteiger partial charge in [-0.1, -0.05) is 18.2 Å². The first-order chi connectivity index (χ1) is 11.8. The summed E-state index contributed by atoms with van der Waals surface area (Å²) in [6, 6.07) is 7.14. The van der Waals surface area contributed by atoms with Crippen molar-refractivity contribution in [1.29, 1.82) is 0 Å². The Bertz CT molecular complexity index is 759. The van der Waals surface area contributed by atoms with Crippen LogP contribution < -0.4 is 0 Å². The monoisotopic (exact) mass is 338 g/mol. The number of hydrogen-bond donors (Lipinski definition) is 0. The topological polar surface area (TPSA) is 32.3 Å². The molecule has 4 nitrogen and oxygen atoms in total. The Labute approximate surface area is 147 Å². The van der Waals surface area contributed by atoms with Crippen LogP contribution in [0.4, 0.5) is 0 Å². The van der Waals surface area contributed by atoms with Crippen LogP contribution in [0.1, 0.15) is 27.9 Å². The molecular formula is C19H22N4S. The van der Waals surface area contributed by atoms with Gasteiger partial charge in [0.2, 0.25) is 0 Å². The predicted molar refractivity (Wildman–Crippen MR) is 96.7 cm³/mol. The summed E-state index contributed by atoms with van der Waals surface area (Å²) in [5.41, 5.74) is 7.06. The van der Waals surface area contributed by atoms with E-state index >= 15 is 0 Å². The van der Waals surface area contributed by atoms with Gasteiger partial charge in [-0.15, -0.1) is 11.8 Å². The van der Waals surface area contributed by atoms with E-state index in [9.17, 15) is 0 Å². The molecule has 1 unspecified atom stereocenters. The second-order valence-corrected chi connectivity index (χ2v) is 8.28. The molecule has 0 spiro atoms. The number of thioether (sulfide) groups is 1. The molecule has 124 valence electrons. The lowest BCUT2D eigenvalue weighted by Crippen LogP contribution is -2.33. The maximum atomic E-state index is 4.40. The molecule has 4 heterocycles. The normalized spacial score (nSPS) is 23.6. The Balaban J connectivity index is 1.31. The van der Waals surface area contributed by atoms with Crippen molar-refractivity contribution in [3.05, 3.63) is 58.7 Å². The number of fused-ring (bicyclic) bond motifs is 2. The summed E-state index contributed by atoms with van der Waals surface area (Å²) in [5.74, 6) is 1.32. The molecule has 1 aromatic heterocycles. The minimum atomic E-state index is 0.792. The van der Waals surface area contributed by atoms with Crippen LogP contribution in [-0.4, -0.2) is 44.0 Å². The van der Waals surface area contributed by atoms with Gasteiger partial charge in [0.25, 0.3) is 0 Å². The van der Waals surface area contributed by atoms with Crippen molar-refractivity contribution in [2.75, 3.05) is 18.8 Å². The Kier molecular flexibility index (Phi) is 3.80. The second kappa shape index (κ2) is 6.14. The van der Waals surface area contributed by atoms with Crippen LogP contribution in [0.15, 0.2) is 30.7 Å². The summed E-state index contributed by atoms with van der Waals surface area (Å²) < 4.78 is 0. The molecule has 0 N–H and O–H groups in total. The van der Waals surface area contributed by atoms with Crippen molar-refractivity contribution in [3.8, 4) is 0 Å². The molecule has 0 aliphatic carbocycles. The Morgan fingerprint density at radius 2 is 2.04 bits per heavy atom. The van der Waals surface area contributed by atoms with E-state index in [4.69, 9.17) is 0 Å². The van der Waals surface area contributed by atoms with Crippen molar-refractivity contribution in [2.45, 2.75) is 37.8 Å². The Morgan fingerprint density at radius 3 is 2.96 bits per heavy atom. The van der Waals surface area contributed by atoms with Crippen LogP contribution >= 0.6 is 11.8 Å². The van der Waals surface area contributed by atoms with Gasteiger partial charge in [0.05, 0.1) is 5.37 Å². The molecule has 1 aromatic carbocycles. The fourth-order valence-corrected chi connectivity index (χ4v) is 4.64. The minimum Gasteiger partial charge on any atom is -0.294 e. The highest BCUT2D eigenvalue weighted by molar-refractivity contribution is 8.06. The molecule has 3 aliphatic heterocycles. The molecule has 0 amide bonds. The van der Waals surface area contributed by atoms with Crippen LogP contribution in [0.25, 0.3) is 0 Å². The van der Waals surface area contributed by atoms with E-state index in [2.05, 4.69) is 49.7 Å². The average molecular weight is 338 g/mol. The van der Waals surface area contributed by atoms with Gasteiger partial charge in [0.15, 0.2) is 0 Å². The number of benzene rings is 1. The molecular weight excluding hydrogens is 316 g/mol. The van der Waals surface area contributed by atoms with E-state index < -0.39 is 0 Å². The number of hydrogen-bond acceptors (Lipinski definition) is 5. The number of aromatic nitrogens is 2. The zero-order valence-corrected chi connectivity index (χ0v) is 14.6. The Morgan fingerprint density at radius 1 is 1.08 bits per heavy atom. The molecule has 1 saturated heterocycles. The smallest absolute Gasteiger partial charge is 0.115 e. The summed E-state index contributed by atoms with van der Waals surface area (Å²) in [6.07, 6.45) is 5.89. The fraction of sp³-hybridized carbons (Fsp3) is 0.474. The highest BCUT2D eigenvalue weighted by atomic mass is 32.2. The second-order valence-electron chi connectivity index (χ2n) is 7.07. The first kappa shape index (κ1) is 14.9. The van der Waals surface area contributed by atoms with E-state index in [0.29, 0.717) is 0 Å². The third kappa shape index (κ3) is 2.96. The zero-order valence-electron chi connectivity index (χ0n) is 13.8. The largest absolute Gasteiger partial charge is 0.294 e. The van der Waals surface area contributed by atoms with Crippen LogP contribution in [0.2, 0.25) is 0 Å². The highest BCUT2D eigenvalue weighted by Crippen LogP contribution is 2.36. The van der Waals surface area contributed by atoms with Crippen molar-refractivity contribution >= 4 is 11.8 Å². The molecule has 1 atom stereocenters. The molecule has 0 bridgehead atoms. The quantitative estimate of drug-likeness (QED) is 0.803. The van der Waals surface area contributed by atoms with E-state index in [0.717, 1.165) is 38.0 Å². The van der Waals surface area contributed by atoms with Gasteiger partial charge < -0.3 is 0 Å². The van der Waals surface area contributed by atoms with Crippen LogP contribution in [0.3, 0.4) is 0 Å². The number of rotatable bonds is 3. The summed E-state index contributed by atoms with van der Waals surface area (Å²) in [7, 11) is 0. The van der Waals surface area contributed by atoms with Gasteiger partial charge in [0, 0.05) is 62.4 Å². The van der Waals surface area contributed by atoms with Crippen LogP contribution in [-0.2, 0) is 32.5 Å². The number of nitrogens with zero attached hydrogens (tertiary/aromatic N) is 4. The first-order valence-corrected chi connectivity index (χ1v) is 9.86. The average Bonchev–Trinajstić information content (AvgIpc) is 3.46. The molecule has 3 aliphatic rings. The SMILES string of the molecule is c1ncc2c(n1)CCN(Cc1ccc3c(c1)CN(C1CS1)CC3)C2. The van der Waals surface area contributed by atoms with E-state index in [-0.39, 0.29) is 0 Å². The highest BCUT2D eigenvalue weighted by Gasteiger charge is 2.32. The lowest BCUT2D eigenvalue weighted by molar-refractivity contribution is 0.241. The third-order valence-electron chi connectivity index (χ3n) is 5.38.